The summed E-state index contributed by atoms with van der Waals surface area (Å²) in [5.41, 5.74) is 3.20. The van der Waals surface area contributed by atoms with Crippen molar-refractivity contribution in [2.45, 2.75) is 25.5 Å². The molecular formula is C25H24Cl2N2O2. The lowest BCUT2D eigenvalue weighted by molar-refractivity contribution is -0.134. The van der Waals surface area contributed by atoms with Crippen LogP contribution in [0.2, 0.25) is 10.0 Å². The topological polar surface area (TPSA) is 41.6 Å². The minimum atomic E-state index is -0.538. The number of hydrogen-bond acceptors (Lipinski definition) is 3. The number of β-lactam (4-membered cyclic amide) rings is 1. The highest BCUT2D eigenvalue weighted by Crippen LogP contribution is 2.33. The second kappa shape index (κ2) is 9.73. The van der Waals surface area contributed by atoms with Crippen LogP contribution in [0.4, 0.5) is 5.69 Å². The van der Waals surface area contributed by atoms with Crippen LogP contribution in [-0.2, 0) is 11.2 Å². The maximum atomic E-state index is 13.0. The molecule has 4 nitrogen and oxygen atoms in total. The van der Waals surface area contributed by atoms with Crippen molar-refractivity contribution in [3.8, 4) is 5.75 Å². The molecule has 31 heavy (non-hydrogen) atoms. The van der Waals surface area contributed by atoms with E-state index in [1.165, 1.54) is 5.56 Å². The zero-order valence-corrected chi connectivity index (χ0v) is 18.7. The van der Waals surface area contributed by atoms with Crippen molar-refractivity contribution in [3.63, 3.8) is 0 Å². The Morgan fingerprint density at radius 2 is 1.58 bits per heavy atom. The van der Waals surface area contributed by atoms with Gasteiger partial charge in [0.25, 0.3) is 5.91 Å². The number of benzene rings is 3. The Morgan fingerprint density at radius 3 is 2.26 bits per heavy atom. The first kappa shape index (κ1) is 21.7. The highest BCUT2D eigenvalue weighted by Gasteiger charge is 2.50. The minimum Gasteiger partial charge on any atom is -0.478 e. The minimum absolute atomic E-state index is 0.0336. The molecule has 6 heteroatoms. The number of nitrogens with one attached hydrogen (secondary N) is 1. The zero-order valence-electron chi connectivity index (χ0n) is 17.2. The summed E-state index contributed by atoms with van der Waals surface area (Å²) in [7, 11) is 0. The molecule has 3 aromatic carbocycles. The first-order valence-electron chi connectivity index (χ1n) is 10.3. The zero-order chi connectivity index (χ0) is 21.8. The van der Waals surface area contributed by atoms with Crippen molar-refractivity contribution < 1.29 is 9.53 Å². The summed E-state index contributed by atoms with van der Waals surface area (Å²) >= 11 is 11.9. The Bertz CT molecular complexity index is 1040. The van der Waals surface area contributed by atoms with Gasteiger partial charge in [0.1, 0.15) is 5.75 Å². The summed E-state index contributed by atoms with van der Waals surface area (Å²) in [5.74, 6) is 0.604. The van der Waals surface area contributed by atoms with Crippen molar-refractivity contribution in [2.75, 3.05) is 18.0 Å². The summed E-state index contributed by atoms with van der Waals surface area (Å²) in [6.07, 6.45) is 0.342. The van der Waals surface area contributed by atoms with Crippen LogP contribution in [0.25, 0.3) is 0 Å². The van der Waals surface area contributed by atoms with E-state index < -0.39 is 6.10 Å². The van der Waals surface area contributed by atoms with Crippen LogP contribution >= 0.6 is 23.2 Å². The lowest BCUT2D eigenvalue weighted by atomic mass is 9.95. The number of aryl methyl sites for hydroxylation is 1. The van der Waals surface area contributed by atoms with Crippen LogP contribution in [-0.4, -0.2) is 31.1 Å². The van der Waals surface area contributed by atoms with E-state index in [4.69, 9.17) is 27.9 Å². The Balaban J connectivity index is 1.44. The number of nitrogens with zero attached hydrogens (tertiary/aromatic N) is 1. The van der Waals surface area contributed by atoms with Gasteiger partial charge in [-0.3, -0.25) is 4.79 Å². The quantitative estimate of drug-likeness (QED) is 0.371. The molecule has 1 fully saturated rings. The molecule has 1 aliphatic heterocycles. The first-order chi connectivity index (χ1) is 15.0. The molecule has 0 saturated carbocycles. The maximum Gasteiger partial charge on any atom is 0.270 e. The number of carbonyl (C=O) groups excluding carboxylic acids is 1. The molecule has 1 amide bonds. The van der Waals surface area contributed by atoms with E-state index in [0.29, 0.717) is 17.3 Å². The van der Waals surface area contributed by atoms with Gasteiger partial charge in [0.05, 0.1) is 6.04 Å². The van der Waals surface area contributed by atoms with Crippen molar-refractivity contribution in [2.24, 2.45) is 0 Å². The van der Waals surface area contributed by atoms with Crippen molar-refractivity contribution in [1.29, 1.82) is 0 Å². The van der Waals surface area contributed by atoms with Crippen LogP contribution in [0, 0.1) is 6.92 Å². The third-order valence-electron chi connectivity index (χ3n) is 5.47. The molecule has 0 bridgehead atoms. The van der Waals surface area contributed by atoms with E-state index in [2.05, 4.69) is 5.32 Å². The third kappa shape index (κ3) is 5.04. The standard InChI is InChI=1S/C25H24Cl2N2O2/c1-17-4-2-3-5-22(17)29-23(16-28-15-14-18-6-8-19(26)9-7-18)24(25(29)30)31-21-12-10-20(27)11-13-21/h2-13,23-24,28H,14-16H2,1H3/t23-,24+/m0/s1. The molecule has 2 atom stereocenters. The van der Waals surface area contributed by atoms with Gasteiger partial charge in [-0.05, 0) is 73.5 Å². The lowest BCUT2D eigenvalue weighted by Gasteiger charge is -2.47. The Kier molecular flexibility index (Phi) is 6.81. The van der Waals surface area contributed by atoms with Gasteiger partial charge < -0.3 is 15.0 Å². The van der Waals surface area contributed by atoms with Gasteiger partial charge in [-0.2, -0.15) is 0 Å². The summed E-state index contributed by atoms with van der Waals surface area (Å²) < 4.78 is 6.05. The molecule has 1 heterocycles. The smallest absolute Gasteiger partial charge is 0.270 e. The van der Waals surface area contributed by atoms with Gasteiger partial charge in [0.15, 0.2) is 6.10 Å². The third-order valence-corrected chi connectivity index (χ3v) is 5.97. The van der Waals surface area contributed by atoms with Gasteiger partial charge in [-0.15, -0.1) is 0 Å². The molecule has 1 aliphatic rings. The van der Waals surface area contributed by atoms with E-state index in [0.717, 1.165) is 29.2 Å². The number of hydrogen-bond donors (Lipinski definition) is 1. The van der Waals surface area contributed by atoms with E-state index in [9.17, 15) is 4.79 Å². The van der Waals surface area contributed by atoms with Crippen LogP contribution in [0.5, 0.6) is 5.75 Å². The highest BCUT2D eigenvalue weighted by molar-refractivity contribution is 6.30. The Labute approximate surface area is 192 Å². The van der Waals surface area contributed by atoms with Gasteiger partial charge >= 0.3 is 0 Å². The van der Waals surface area contributed by atoms with E-state index >= 15 is 0 Å². The monoisotopic (exact) mass is 454 g/mol. The molecule has 0 radical (unpaired) electrons. The molecule has 0 aromatic heterocycles. The predicted molar refractivity (Wildman–Crippen MR) is 126 cm³/mol. The molecule has 4 rings (SSSR count). The second-order valence-electron chi connectivity index (χ2n) is 7.64. The number of rotatable bonds is 8. The molecule has 0 spiro atoms. The number of amides is 1. The van der Waals surface area contributed by atoms with Crippen LogP contribution in [0.15, 0.2) is 72.8 Å². The first-order valence-corrected chi connectivity index (χ1v) is 11.0. The fraction of sp³-hybridized carbons (Fsp3) is 0.240. The number of ether oxygens (including phenoxy) is 1. The number of para-hydroxylation sites is 1. The molecule has 160 valence electrons. The maximum absolute atomic E-state index is 13.0. The summed E-state index contributed by atoms with van der Waals surface area (Å²) in [6.45, 7) is 3.44. The molecular weight excluding hydrogens is 431 g/mol. The molecule has 0 unspecified atom stereocenters. The van der Waals surface area contributed by atoms with Crippen molar-refractivity contribution >= 4 is 34.8 Å². The second-order valence-corrected chi connectivity index (χ2v) is 8.51. The number of halogens is 2. The van der Waals surface area contributed by atoms with Crippen LogP contribution in [0.3, 0.4) is 0 Å². The van der Waals surface area contributed by atoms with Crippen molar-refractivity contribution in [1.82, 2.24) is 5.32 Å². The fourth-order valence-electron chi connectivity index (χ4n) is 3.77. The molecule has 0 aliphatic carbocycles. The average molecular weight is 455 g/mol. The highest BCUT2D eigenvalue weighted by atomic mass is 35.5. The van der Waals surface area contributed by atoms with Crippen LogP contribution < -0.4 is 15.0 Å². The van der Waals surface area contributed by atoms with Gasteiger partial charge in [-0.1, -0.05) is 53.5 Å². The average Bonchev–Trinajstić information content (AvgIpc) is 2.77. The molecule has 3 aromatic rings. The largest absolute Gasteiger partial charge is 0.478 e. The summed E-state index contributed by atoms with van der Waals surface area (Å²) in [6, 6.07) is 22.8. The predicted octanol–water partition coefficient (Wildman–Crippen LogP) is 5.30. The van der Waals surface area contributed by atoms with Crippen molar-refractivity contribution in [3.05, 3.63) is 94.0 Å². The number of carbonyl (C=O) groups is 1. The summed E-state index contributed by atoms with van der Waals surface area (Å²) in [4.78, 5) is 14.9. The Morgan fingerprint density at radius 1 is 0.935 bits per heavy atom. The molecule has 1 saturated heterocycles. The van der Waals surface area contributed by atoms with E-state index in [-0.39, 0.29) is 11.9 Å². The van der Waals surface area contributed by atoms with E-state index in [1.807, 2.05) is 60.4 Å². The van der Waals surface area contributed by atoms with Gasteiger partial charge in [0.2, 0.25) is 0 Å². The van der Waals surface area contributed by atoms with Crippen LogP contribution in [0.1, 0.15) is 11.1 Å². The van der Waals surface area contributed by atoms with E-state index in [1.54, 1.807) is 24.3 Å². The normalized spacial score (nSPS) is 18.0. The molecule has 1 N–H and O–H groups in total. The fourth-order valence-corrected chi connectivity index (χ4v) is 4.02. The SMILES string of the molecule is Cc1ccccc1N1C(=O)[C@H](Oc2ccc(Cl)cc2)[C@@H]1CNCCc1ccc(Cl)cc1. The van der Waals surface area contributed by atoms with Gasteiger partial charge in [0, 0.05) is 22.3 Å². The summed E-state index contributed by atoms with van der Waals surface area (Å²) in [5, 5.41) is 4.86. The number of anilines is 1. The van der Waals surface area contributed by atoms with Gasteiger partial charge in [-0.25, -0.2) is 0 Å². The Hall–Kier alpha value is -2.53. The lowest BCUT2D eigenvalue weighted by Crippen LogP contribution is -2.70.